The zero-order valence-corrected chi connectivity index (χ0v) is 9.55. The van der Waals surface area contributed by atoms with E-state index in [1.165, 1.54) is 13.0 Å². The Morgan fingerprint density at radius 1 is 1.62 bits per heavy atom. The number of nitriles is 1. The van der Waals surface area contributed by atoms with E-state index in [9.17, 15) is 9.18 Å². The Kier molecular flexibility index (Phi) is 4.74. The molecule has 0 unspecified atom stereocenters. The minimum absolute atomic E-state index is 0.0324. The average molecular weight is 235 g/mol. The summed E-state index contributed by atoms with van der Waals surface area (Å²) in [6.45, 7) is 1.49. The van der Waals surface area contributed by atoms with E-state index in [-0.39, 0.29) is 5.12 Å². The van der Waals surface area contributed by atoms with Gasteiger partial charge in [0, 0.05) is 18.2 Å². The van der Waals surface area contributed by atoms with Gasteiger partial charge in [-0.05, 0) is 12.1 Å². The molecule has 0 amide bonds. The molecule has 0 aliphatic carbocycles. The predicted molar refractivity (Wildman–Crippen MR) is 63.3 cm³/mol. The van der Waals surface area contributed by atoms with Gasteiger partial charge in [0.1, 0.15) is 5.82 Å². The molecule has 0 heterocycles. The predicted octanol–water partition coefficient (Wildman–Crippen LogP) is 2.99. The van der Waals surface area contributed by atoms with Crippen molar-refractivity contribution in [3.05, 3.63) is 41.2 Å². The van der Waals surface area contributed by atoms with E-state index in [0.29, 0.717) is 16.9 Å². The van der Waals surface area contributed by atoms with Crippen molar-refractivity contribution >= 4 is 23.0 Å². The lowest BCUT2D eigenvalue weighted by Gasteiger charge is -1.96. The Bertz CT molecular complexity index is 463. The molecule has 16 heavy (non-hydrogen) atoms. The first kappa shape index (κ1) is 12.5. The summed E-state index contributed by atoms with van der Waals surface area (Å²) >= 11 is 1.16. The Morgan fingerprint density at radius 2 is 2.38 bits per heavy atom. The normalized spacial score (nSPS) is 10.3. The number of nitrogens with zero attached hydrogens (tertiary/aromatic N) is 1. The van der Waals surface area contributed by atoms with Crippen molar-refractivity contribution in [2.75, 3.05) is 5.75 Å². The summed E-state index contributed by atoms with van der Waals surface area (Å²) in [5.41, 5.74) is 0.718. The van der Waals surface area contributed by atoms with Gasteiger partial charge in [-0.1, -0.05) is 30.0 Å². The fourth-order valence-electron chi connectivity index (χ4n) is 1.07. The Labute approximate surface area is 97.8 Å². The molecular formula is C12H10FNOS. The number of hydrogen-bond acceptors (Lipinski definition) is 3. The monoisotopic (exact) mass is 235 g/mol. The van der Waals surface area contributed by atoms with Gasteiger partial charge in [0.25, 0.3) is 0 Å². The molecule has 0 bridgehead atoms. The van der Waals surface area contributed by atoms with Crippen molar-refractivity contribution < 1.29 is 9.18 Å². The summed E-state index contributed by atoms with van der Waals surface area (Å²) < 4.78 is 13.3. The molecule has 82 valence electrons. The fourth-order valence-corrected chi connectivity index (χ4v) is 1.50. The van der Waals surface area contributed by atoms with Crippen LogP contribution >= 0.6 is 11.8 Å². The van der Waals surface area contributed by atoms with Crippen molar-refractivity contribution in [2.24, 2.45) is 0 Å². The first-order valence-electron chi connectivity index (χ1n) is 4.63. The van der Waals surface area contributed by atoms with Crippen molar-refractivity contribution in [1.29, 1.82) is 5.26 Å². The summed E-state index contributed by atoms with van der Waals surface area (Å²) in [7, 11) is 0. The Morgan fingerprint density at radius 3 is 2.94 bits per heavy atom. The van der Waals surface area contributed by atoms with Crippen LogP contribution in [-0.2, 0) is 4.79 Å². The van der Waals surface area contributed by atoms with E-state index in [2.05, 4.69) is 0 Å². The summed E-state index contributed by atoms with van der Waals surface area (Å²) in [4.78, 5) is 10.6. The summed E-state index contributed by atoms with van der Waals surface area (Å²) in [5, 5.41) is 8.58. The molecule has 1 aromatic carbocycles. The van der Waals surface area contributed by atoms with Gasteiger partial charge in [-0.25, -0.2) is 4.39 Å². The van der Waals surface area contributed by atoms with Crippen LogP contribution in [0.3, 0.4) is 0 Å². The minimum Gasteiger partial charge on any atom is -0.288 e. The van der Waals surface area contributed by atoms with Crippen LogP contribution < -0.4 is 0 Å². The molecule has 2 nitrogen and oxygen atoms in total. The maximum absolute atomic E-state index is 13.3. The van der Waals surface area contributed by atoms with Gasteiger partial charge < -0.3 is 0 Å². The highest BCUT2D eigenvalue weighted by Crippen LogP contribution is 2.12. The minimum atomic E-state index is -0.428. The number of halogens is 1. The molecule has 0 aliphatic heterocycles. The molecule has 0 spiro atoms. The van der Waals surface area contributed by atoms with E-state index >= 15 is 0 Å². The van der Waals surface area contributed by atoms with E-state index in [4.69, 9.17) is 5.26 Å². The van der Waals surface area contributed by atoms with Crippen LogP contribution in [0.1, 0.15) is 18.1 Å². The van der Waals surface area contributed by atoms with Crippen molar-refractivity contribution in [2.45, 2.75) is 6.92 Å². The molecule has 0 radical (unpaired) electrons. The highest BCUT2D eigenvalue weighted by Gasteiger charge is 1.99. The van der Waals surface area contributed by atoms with Gasteiger partial charge in [0.2, 0.25) is 0 Å². The number of benzene rings is 1. The Balaban J connectivity index is 2.68. The molecule has 0 fully saturated rings. The van der Waals surface area contributed by atoms with Gasteiger partial charge >= 0.3 is 0 Å². The molecule has 0 saturated heterocycles. The second kappa shape index (κ2) is 6.09. The molecule has 1 rings (SSSR count). The zero-order chi connectivity index (χ0) is 12.0. The molecule has 0 aliphatic rings. The maximum Gasteiger partial charge on any atom is 0.186 e. The first-order valence-corrected chi connectivity index (χ1v) is 5.61. The highest BCUT2D eigenvalue weighted by atomic mass is 32.2. The van der Waals surface area contributed by atoms with Crippen LogP contribution in [0.25, 0.3) is 6.08 Å². The summed E-state index contributed by atoms with van der Waals surface area (Å²) in [6.07, 6.45) is 3.32. The van der Waals surface area contributed by atoms with Crippen LogP contribution in [0.15, 0.2) is 24.3 Å². The second-order valence-corrected chi connectivity index (χ2v) is 4.25. The SMILES string of the molecule is CC(=O)SCC=Cc1ccc(C#N)cc1F. The zero-order valence-electron chi connectivity index (χ0n) is 8.74. The van der Waals surface area contributed by atoms with Crippen LogP contribution in [0.4, 0.5) is 4.39 Å². The Hall–Kier alpha value is -1.60. The molecule has 1 aromatic rings. The maximum atomic E-state index is 13.3. The van der Waals surface area contributed by atoms with E-state index < -0.39 is 5.82 Å². The van der Waals surface area contributed by atoms with Crippen molar-refractivity contribution in [3.8, 4) is 6.07 Å². The third-order valence-corrected chi connectivity index (χ3v) is 2.58. The van der Waals surface area contributed by atoms with Crippen LogP contribution in [-0.4, -0.2) is 10.9 Å². The lowest BCUT2D eigenvalue weighted by molar-refractivity contribution is -0.109. The lowest BCUT2D eigenvalue weighted by atomic mass is 10.1. The molecular weight excluding hydrogens is 225 g/mol. The number of carbonyl (C=O) groups is 1. The number of thioether (sulfide) groups is 1. The lowest BCUT2D eigenvalue weighted by Crippen LogP contribution is -1.85. The number of carbonyl (C=O) groups excluding carboxylic acids is 1. The fraction of sp³-hybridized carbons (Fsp3) is 0.167. The number of hydrogen-bond donors (Lipinski definition) is 0. The quantitative estimate of drug-likeness (QED) is 0.808. The average Bonchev–Trinajstić information content (AvgIpc) is 2.25. The third kappa shape index (κ3) is 3.87. The second-order valence-electron chi connectivity index (χ2n) is 3.05. The van der Waals surface area contributed by atoms with Gasteiger partial charge in [-0.2, -0.15) is 5.26 Å². The molecule has 0 saturated carbocycles. The van der Waals surface area contributed by atoms with Gasteiger partial charge in [-0.3, -0.25) is 4.79 Å². The largest absolute Gasteiger partial charge is 0.288 e. The van der Waals surface area contributed by atoms with E-state index in [1.807, 2.05) is 6.07 Å². The standard InChI is InChI=1S/C12H10FNOS/c1-9(15)16-6-2-3-11-5-4-10(8-14)7-12(11)13/h2-5,7H,6H2,1H3. The van der Waals surface area contributed by atoms with Crippen LogP contribution in [0, 0.1) is 17.1 Å². The molecule has 0 atom stereocenters. The number of rotatable bonds is 3. The van der Waals surface area contributed by atoms with Gasteiger partial charge in [-0.15, -0.1) is 0 Å². The molecule has 0 N–H and O–H groups in total. The van der Waals surface area contributed by atoms with Gasteiger partial charge in [0.15, 0.2) is 5.12 Å². The van der Waals surface area contributed by atoms with Gasteiger partial charge in [0.05, 0.1) is 11.6 Å². The highest BCUT2D eigenvalue weighted by molar-refractivity contribution is 8.13. The van der Waals surface area contributed by atoms with Crippen molar-refractivity contribution in [1.82, 2.24) is 0 Å². The molecule has 4 heteroatoms. The third-order valence-electron chi connectivity index (χ3n) is 1.81. The summed E-state index contributed by atoms with van der Waals surface area (Å²) in [6, 6.07) is 6.16. The van der Waals surface area contributed by atoms with Crippen LogP contribution in [0.2, 0.25) is 0 Å². The first-order chi connectivity index (χ1) is 7.63. The van der Waals surface area contributed by atoms with E-state index in [1.54, 1.807) is 24.3 Å². The molecule has 0 aromatic heterocycles. The smallest absolute Gasteiger partial charge is 0.186 e. The van der Waals surface area contributed by atoms with E-state index in [0.717, 1.165) is 11.8 Å². The summed E-state index contributed by atoms with van der Waals surface area (Å²) in [5.74, 6) is 0.0949. The topological polar surface area (TPSA) is 40.9 Å². The van der Waals surface area contributed by atoms with Crippen molar-refractivity contribution in [3.63, 3.8) is 0 Å². The van der Waals surface area contributed by atoms with Crippen LogP contribution in [0.5, 0.6) is 0 Å².